The van der Waals surface area contributed by atoms with Crippen molar-refractivity contribution in [3.63, 3.8) is 0 Å². The Hall–Kier alpha value is -8.05. The Labute approximate surface area is 464 Å². The first kappa shape index (κ1) is 37.7. The summed E-state index contributed by atoms with van der Waals surface area (Å²) in [6.45, 7) is 14.8. The molecule has 2 aliphatic heterocycles. The number of aromatic nitrogens is 2. The fraction of sp³-hybridized carbons (Fsp3) is 0.119. The topological polar surface area (TPSA) is 38.7 Å². The Morgan fingerprint density at radius 2 is 1.11 bits per heavy atom. The second kappa shape index (κ2) is 19.4. The summed E-state index contributed by atoms with van der Waals surface area (Å²) in [5.74, 6) is 1.09. The standard InChI is InChI=1S/C67H55N6.Pt/c1-66(2,3)48-37-39-68-63(42-48)73-60-33-19-18-30-58(60)56-28-16-17-29-57(56)59-36-35-51(44-62(59)73)72(50-26-14-9-15-27-50)53-41-49(67(4,5)6)40-52(43-53)70-45-71(65-61(70)34-21-38-69-65)64-54(46-22-10-7-11-23-46)31-20-32-55(64)47-24-12-8-13-25-47;/h7-42,45H,1-6H3;/q-3;/i7D,8D,10D,11D,12D,13D,22D,23D,24D,25D;. The maximum absolute atomic E-state index is 9.21. The second-order valence-electron chi connectivity index (χ2n) is 20.1. The summed E-state index contributed by atoms with van der Waals surface area (Å²) in [7, 11) is 0. The van der Waals surface area contributed by atoms with Gasteiger partial charge in [-0.1, -0.05) is 203 Å². The van der Waals surface area contributed by atoms with Crippen molar-refractivity contribution in [2.24, 2.45) is 0 Å². The number of hydrogen-bond donors (Lipinski definition) is 0. The molecule has 0 aliphatic carbocycles. The van der Waals surface area contributed by atoms with Gasteiger partial charge in [-0.05, 0) is 75.5 Å². The third kappa shape index (κ3) is 8.77. The minimum atomic E-state index is -0.577. The van der Waals surface area contributed by atoms with Gasteiger partial charge >= 0.3 is 0 Å². The SMILES string of the molecule is [2H]c1c([2H])c([2H])c(-c2cccc(-c3c([2H])c([2H])c([2H])c([2H])c3[2H])c2N2[CH-]N(c3[c-]c(N(c4[c-]c5c(cc4)-c4ccccc4-c4ccccc4N5c4cc(C(C)(C)C)ccn4)c4ccccc4)cc(C(C)(C)C)c3)c3cccnc32)c([2H])c1[2H].[Pt]. The van der Waals surface area contributed by atoms with E-state index in [0.29, 0.717) is 28.6 Å². The molecule has 74 heavy (non-hydrogen) atoms. The van der Waals surface area contributed by atoms with Gasteiger partial charge in [0.25, 0.3) is 0 Å². The number of hydrogen-bond acceptors (Lipinski definition) is 6. The van der Waals surface area contributed by atoms with Crippen LogP contribution >= 0.6 is 0 Å². The fourth-order valence-electron chi connectivity index (χ4n) is 9.74. The van der Waals surface area contributed by atoms with Gasteiger partial charge in [0, 0.05) is 61.5 Å². The average Bonchev–Trinajstić information content (AvgIpc) is 1.99. The van der Waals surface area contributed by atoms with Crippen molar-refractivity contribution in [1.82, 2.24) is 9.97 Å². The predicted molar refractivity (Wildman–Crippen MR) is 303 cm³/mol. The number of para-hydroxylation sites is 3. The maximum Gasteiger partial charge on any atom is 0.135 e. The summed E-state index contributed by atoms with van der Waals surface area (Å²) in [6, 6.07) is 50.6. The van der Waals surface area contributed by atoms with E-state index in [1.807, 2.05) is 47.5 Å². The first-order valence-corrected chi connectivity index (χ1v) is 24.2. The molecule has 2 aromatic heterocycles. The minimum absolute atomic E-state index is 0. The van der Waals surface area contributed by atoms with Crippen molar-refractivity contribution in [3.05, 3.63) is 248 Å². The molecule has 4 heterocycles. The van der Waals surface area contributed by atoms with Crippen LogP contribution in [0.2, 0.25) is 0 Å². The number of fused-ring (bicyclic) bond motifs is 6. The van der Waals surface area contributed by atoms with Crippen molar-refractivity contribution < 1.29 is 34.8 Å². The van der Waals surface area contributed by atoms with Gasteiger partial charge in [-0.25, -0.2) is 9.97 Å². The van der Waals surface area contributed by atoms with Crippen molar-refractivity contribution >= 4 is 57.1 Å². The average molecular weight is 1150 g/mol. The van der Waals surface area contributed by atoms with Gasteiger partial charge < -0.3 is 19.6 Å². The van der Waals surface area contributed by atoms with E-state index in [-0.39, 0.29) is 54.4 Å². The number of anilines is 10. The van der Waals surface area contributed by atoms with Crippen molar-refractivity contribution in [2.75, 3.05) is 19.6 Å². The molecule has 0 fully saturated rings. The molecule has 10 aromatic rings. The molecule has 0 saturated heterocycles. The molecular formula is C67H55N6Pt-3. The number of nitrogens with zero attached hydrogens (tertiary/aromatic N) is 6. The molecule has 8 aromatic carbocycles. The van der Waals surface area contributed by atoms with Gasteiger partial charge in [0.1, 0.15) is 11.6 Å². The molecule has 0 atom stereocenters. The van der Waals surface area contributed by atoms with E-state index in [1.165, 1.54) is 0 Å². The third-order valence-corrected chi connectivity index (χ3v) is 13.4. The number of rotatable bonds is 8. The van der Waals surface area contributed by atoms with Crippen LogP contribution < -0.4 is 19.6 Å². The quantitative estimate of drug-likeness (QED) is 0.141. The molecule has 0 radical (unpaired) electrons. The monoisotopic (exact) mass is 1150 g/mol. The van der Waals surface area contributed by atoms with Crippen LogP contribution in [0.5, 0.6) is 0 Å². The summed E-state index contributed by atoms with van der Waals surface area (Å²) < 4.78 is 88.7. The van der Waals surface area contributed by atoms with E-state index in [1.54, 1.807) is 42.0 Å². The molecule has 0 bridgehead atoms. The van der Waals surface area contributed by atoms with Crippen LogP contribution in [-0.4, -0.2) is 9.97 Å². The van der Waals surface area contributed by atoms with Crippen LogP contribution in [0.1, 0.15) is 66.4 Å². The maximum atomic E-state index is 9.21. The molecule has 6 nitrogen and oxygen atoms in total. The van der Waals surface area contributed by atoms with Gasteiger partial charge in [-0.2, -0.15) is 6.07 Å². The molecule has 0 N–H and O–H groups in total. The molecule has 12 rings (SSSR count). The smallest absolute Gasteiger partial charge is 0.135 e. The molecular weight excluding hydrogens is 1080 g/mol. The molecule has 0 saturated carbocycles. The largest absolute Gasteiger partial charge is 0.492 e. The first-order chi connectivity index (χ1) is 39.6. The molecule has 366 valence electrons. The van der Waals surface area contributed by atoms with Crippen LogP contribution in [0.4, 0.5) is 57.1 Å². The molecule has 0 spiro atoms. The Morgan fingerprint density at radius 3 is 1.78 bits per heavy atom. The van der Waals surface area contributed by atoms with Crippen molar-refractivity contribution in [2.45, 2.75) is 52.4 Å². The van der Waals surface area contributed by atoms with E-state index < -0.39 is 65.8 Å². The summed E-state index contributed by atoms with van der Waals surface area (Å²) in [4.78, 5) is 18.0. The van der Waals surface area contributed by atoms with Gasteiger partial charge in [-0.15, -0.1) is 53.8 Å². The van der Waals surface area contributed by atoms with Crippen LogP contribution in [0.3, 0.4) is 0 Å². The normalized spacial score (nSPS) is 14.6. The fourth-order valence-corrected chi connectivity index (χ4v) is 9.74. The summed E-state index contributed by atoms with van der Waals surface area (Å²) >= 11 is 0. The van der Waals surface area contributed by atoms with Crippen LogP contribution in [0.25, 0.3) is 44.5 Å². The minimum Gasteiger partial charge on any atom is -0.492 e. The number of pyridine rings is 2. The number of benzene rings is 8. The molecule has 2 aliphatic rings. The Bertz CT molecular complexity index is 4130. The van der Waals surface area contributed by atoms with Gasteiger partial charge in [0.15, 0.2) is 0 Å². The van der Waals surface area contributed by atoms with E-state index in [2.05, 4.69) is 148 Å². The Balaban J connectivity index is 0.00000736. The van der Waals surface area contributed by atoms with Gasteiger partial charge in [0.2, 0.25) is 0 Å². The summed E-state index contributed by atoms with van der Waals surface area (Å²) in [6.07, 6.45) is 3.49. The summed E-state index contributed by atoms with van der Waals surface area (Å²) in [5, 5.41) is 0. The Kier molecular flexibility index (Phi) is 9.88. The van der Waals surface area contributed by atoms with E-state index in [4.69, 9.17) is 18.2 Å². The summed E-state index contributed by atoms with van der Waals surface area (Å²) in [5.41, 5.74) is 10.9. The van der Waals surface area contributed by atoms with Crippen molar-refractivity contribution in [1.29, 1.82) is 0 Å². The van der Waals surface area contributed by atoms with Gasteiger partial charge in [-0.3, -0.25) is 0 Å². The second-order valence-corrected chi connectivity index (χ2v) is 20.1. The van der Waals surface area contributed by atoms with Gasteiger partial charge in [0.05, 0.1) is 25.1 Å². The third-order valence-electron chi connectivity index (χ3n) is 13.4. The molecule has 0 unspecified atom stereocenters. The zero-order valence-corrected chi connectivity index (χ0v) is 43.9. The van der Waals surface area contributed by atoms with Crippen LogP contribution in [-0.2, 0) is 31.9 Å². The zero-order chi connectivity index (χ0) is 58.6. The molecule has 7 heteroatoms. The van der Waals surface area contributed by atoms with E-state index >= 15 is 0 Å². The van der Waals surface area contributed by atoms with Crippen molar-refractivity contribution in [3.8, 4) is 44.5 Å². The van der Waals surface area contributed by atoms with E-state index in [9.17, 15) is 5.48 Å². The predicted octanol–water partition coefficient (Wildman–Crippen LogP) is 18.0. The molecule has 0 amide bonds. The van der Waals surface area contributed by atoms with Crippen LogP contribution in [0.15, 0.2) is 218 Å². The van der Waals surface area contributed by atoms with Crippen LogP contribution in [0, 0.1) is 18.8 Å². The van der Waals surface area contributed by atoms with E-state index in [0.717, 1.165) is 56.3 Å². The Morgan fingerprint density at radius 1 is 0.500 bits per heavy atom. The zero-order valence-electron chi connectivity index (χ0n) is 51.6. The first-order valence-electron chi connectivity index (χ1n) is 29.2.